The quantitative estimate of drug-likeness (QED) is 0.617. The van der Waals surface area contributed by atoms with Crippen LogP contribution in [0.15, 0.2) is 18.2 Å². The first-order valence-corrected chi connectivity index (χ1v) is 4.98. The molecule has 0 spiro atoms. The van der Waals surface area contributed by atoms with Crippen molar-refractivity contribution in [2.24, 2.45) is 0 Å². The fourth-order valence-electron chi connectivity index (χ4n) is 1.45. The van der Waals surface area contributed by atoms with E-state index in [9.17, 15) is 0 Å². The van der Waals surface area contributed by atoms with Gasteiger partial charge in [-0.3, -0.25) is 0 Å². The SMILES string of the molecule is C#CC/C=c1/cc(C)cc/c1=C/CC. The van der Waals surface area contributed by atoms with Gasteiger partial charge in [-0.1, -0.05) is 42.8 Å². The molecule has 0 radical (unpaired) electrons. The Balaban J connectivity index is 3.32. The first kappa shape index (κ1) is 10.6. The summed E-state index contributed by atoms with van der Waals surface area (Å²) >= 11 is 0. The summed E-state index contributed by atoms with van der Waals surface area (Å²) in [5, 5.41) is 2.54. The number of benzene rings is 1. The molecule has 72 valence electrons. The standard InChI is InChI=1S/C14H16/c1-4-6-8-14-11-12(3)9-10-13(14)7-5-2/h1,7-11H,5-6H2,2-3H3/b13-7-,14-8-. The lowest BCUT2D eigenvalue weighted by Crippen LogP contribution is -2.24. The summed E-state index contributed by atoms with van der Waals surface area (Å²) in [4.78, 5) is 0. The predicted molar refractivity (Wildman–Crippen MR) is 63.1 cm³/mol. The molecule has 0 amide bonds. The highest BCUT2D eigenvalue weighted by Crippen LogP contribution is 1.88. The van der Waals surface area contributed by atoms with Gasteiger partial charge in [-0.15, -0.1) is 12.3 Å². The van der Waals surface area contributed by atoms with Crippen LogP contribution in [0.1, 0.15) is 25.3 Å². The smallest absolute Gasteiger partial charge is 0.0276 e. The minimum atomic E-state index is 0.702. The van der Waals surface area contributed by atoms with Crippen LogP contribution in [0.5, 0.6) is 0 Å². The van der Waals surface area contributed by atoms with Crippen molar-refractivity contribution in [1.82, 2.24) is 0 Å². The van der Waals surface area contributed by atoms with Crippen molar-refractivity contribution in [2.45, 2.75) is 26.7 Å². The molecule has 0 unspecified atom stereocenters. The Kier molecular flexibility index (Phi) is 4.01. The van der Waals surface area contributed by atoms with Crippen molar-refractivity contribution >= 4 is 12.2 Å². The van der Waals surface area contributed by atoms with Crippen molar-refractivity contribution in [2.75, 3.05) is 0 Å². The minimum absolute atomic E-state index is 0.702. The van der Waals surface area contributed by atoms with Crippen LogP contribution in [0.25, 0.3) is 12.2 Å². The lowest BCUT2D eigenvalue weighted by Gasteiger charge is -1.94. The van der Waals surface area contributed by atoms with E-state index in [1.165, 1.54) is 16.0 Å². The van der Waals surface area contributed by atoms with Crippen molar-refractivity contribution in [3.8, 4) is 12.3 Å². The molecule has 0 heterocycles. The first-order valence-electron chi connectivity index (χ1n) is 4.98. The monoisotopic (exact) mass is 184 g/mol. The van der Waals surface area contributed by atoms with E-state index >= 15 is 0 Å². The molecule has 0 aromatic heterocycles. The summed E-state index contributed by atoms with van der Waals surface area (Å²) in [6, 6.07) is 6.47. The molecule has 0 aliphatic rings. The summed E-state index contributed by atoms with van der Waals surface area (Å²) in [6.45, 7) is 4.24. The second-order valence-electron chi connectivity index (χ2n) is 3.36. The van der Waals surface area contributed by atoms with Crippen LogP contribution in [0, 0.1) is 19.3 Å². The Morgan fingerprint density at radius 3 is 2.71 bits per heavy atom. The summed E-state index contributed by atoms with van der Waals surface area (Å²) in [7, 11) is 0. The summed E-state index contributed by atoms with van der Waals surface area (Å²) < 4.78 is 0. The van der Waals surface area contributed by atoms with E-state index in [2.05, 4.69) is 50.1 Å². The zero-order valence-electron chi connectivity index (χ0n) is 8.88. The molecule has 0 saturated carbocycles. The fourth-order valence-corrected chi connectivity index (χ4v) is 1.45. The Morgan fingerprint density at radius 1 is 1.29 bits per heavy atom. The molecule has 0 nitrogen and oxygen atoms in total. The number of aryl methyl sites for hydroxylation is 1. The topological polar surface area (TPSA) is 0 Å². The Morgan fingerprint density at radius 2 is 2.07 bits per heavy atom. The van der Waals surface area contributed by atoms with E-state index in [1.807, 2.05) is 0 Å². The van der Waals surface area contributed by atoms with Gasteiger partial charge < -0.3 is 0 Å². The molecule has 0 aliphatic heterocycles. The number of hydrogen-bond acceptors (Lipinski definition) is 0. The van der Waals surface area contributed by atoms with Gasteiger partial charge in [0.15, 0.2) is 0 Å². The minimum Gasteiger partial charge on any atom is -0.120 e. The van der Waals surface area contributed by atoms with E-state index in [4.69, 9.17) is 6.42 Å². The Labute approximate surface area is 86.0 Å². The van der Waals surface area contributed by atoms with Crippen molar-refractivity contribution < 1.29 is 0 Å². The maximum atomic E-state index is 5.25. The average molecular weight is 184 g/mol. The van der Waals surface area contributed by atoms with Gasteiger partial charge in [0.1, 0.15) is 0 Å². The van der Waals surface area contributed by atoms with E-state index in [0.29, 0.717) is 6.42 Å². The molecule has 0 saturated heterocycles. The molecule has 0 N–H and O–H groups in total. The lowest BCUT2D eigenvalue weighted by atomic mass is 10.1. The van der Waals surface area contributed by atoms with Gasteiger partial charge in [-0.25, -0.2) is 0 Å². The zero-order chi connectivity index (χ0) is 10.4. The molecule has 0 aliphatic carbocycles. The summed E-state index contributed by atoms with van der Waals surface area (Å²) in [6.07, 6.45) is 11.3. The highest BCUT2D eigenvalue weighted by molar-refractivity contribution is 5.35. The van der Waals surface area contributed by atoms with Crippen molar-refractivity contribution in [1.29, 1.82) is 0 Å². The zero-order valence-corrected chi connectivity index (χ0v) is 8.88. The Bertz CT molecular complexity index is 444. The molecule has 0 fully saturated rings. The molecule has 1 aromatic rings. The van der Waals surface area contributed by atoms with Crippen LogP contribution >= 0.6 is 0 Å². The van der Waals surface area contributed by atoms with Gasteiger partial charge in [0.2, 0.25) is 0 Å². The van der Waals surface area contributed by atoms with Gasteiger partial charge in [-0.2, -0.15) is 0 Å². The summed E-state index contributed by atoms with van der Waals surface area (Å²) in [5.41, 5.74) is 1.28. The van der Waals surface area contributed by atoms with Crippen LogP contribution in [0.4, 0.5) is 0 Å². The number of rotatable bonds is 2. The molecular weight excluding hydrogens is 168 g/mol. The third-order valence-electron chi connectivity index (χ3n) is 2.11. The average Bonchev–Trinajstić information content (AvgIpc) is 2.18. The molecule has 14 heavy (non-hydrogen) atoms. The van der Waals surface area contributed by atoms with Crippen LogP contribution < -0.4 is 10.4 Å². The van der Waals surface area contributed by atoms with Gasteiger partial charge >= 0.3 is 0 Å². The second kappa shape index (κ2) is 5.29. The molecule has 0 bridgehead atoms. The van der Waals surface area contributed by atoms with E-state index in [-0.39, 0.29) is 0 Å². The van der Waals surface area contributed by atoms with E-state index < -0.39 is 0 Å². The molecule has 1 aromatic carbocycles. The number of hydrogen-bond donors (Lipinski definition) is 0. The molecular formula is C14H16. The first-order chi connectivity index (χ1) is 6.77. The highest BCUT2D eigenvalue weighted by atomic mass is 13.9. The Hall–Kier alpha value is -1.48. The maximum absolute atomic E-state index is 5.25. The van der Waals surface area contributed by atoms with Crippen molar-refractivity contribution in [3.63, 3.8) is 0 Å². The van der Waals surface area contributed by atoms with Crippen LogP contribution in [-0.4, -0.2) is 0 Å². The fraction of sp³-hybridized carbons (Fsp3) is 0.286. The van der Waals surface area contributed by atoms with Gasteiger partial charge in [0.25, 0.3) is 0 Å². The second-order valence-corrected chi connectivity index (χ2v) is 3.36. The molecule has 1 rings (SSSR count). The van der Waals surface area contributed by atoms with Crippen LogP contribution in [0.2, 0.25) is 0 Å². The third-order valence-corrected chi connectivity index (χ3v) is 2.11. The van der Waals surface area contributed by atoms with E-state index in [0.717, 1.165) is 6.42 Å². The number of terminal acetylenes is 1. The lowest BCUT2D eigenvalue weighted by molar-refractivity contribution is 1.27. The largest absolute Gasteiger partial charge is 0.120 e. The normalized spacial score (nSPS) is 12.9. The van der Waals surface area contributed by atoms with Crippen LogP contribution in [-0.2, 0) is 0 Å². The maximum Gasteiger partial charge on any atom is 0.0276 e. The van der Waals surface area contributed by atoms with Gasteiger partial charge in [0, 0.05) is 6.42 Å². The third kappa shape index (κ3) is 2.78. The molecule has 0 heteroatoms. The van der Waals surface area contributed by atoms with Gasteiger partial charge in [-0.05, 0) is 23.8 Å². The summed E-state index contributed by atoms with van der Waals surface area (Å²) in [5.74, 6) is 2.64. The van der Waals surface area contributed by atoms with Gasteiger partial charge in [0.05, 0.1) is 0 Å². The predicted octanol–water partition coefficient (Wildman–Crippen LogP) is 1.99. The van der Waals surface area contributed by atoms with Crippen molar-refractivity contribution in [3.05, 3.63) is 34.2 Å². The molecule has 0 atom stereocenters. The highest BCUT2D eigenvalue weighted by Gasteiger charge is 1.86. The van der Waals surface area contributed by atoms with Crippen LogP contribution in [0.3, 0.4) is 0 Å². The van der Waals surface area contributed by atoms with E-state index in [1.54, 1.807) is 0 Å².